The van der Waals surface area contributed by atoms with E-state index in [0.717, 1.165) is 0 Å². The molecule has 0 aliphatic carbocycles. The van der Waals surface area contributed by atoms with Crippen LogP contribution in [0.3, 0.4) is 0 Å². The summed E-state index contributed by atoms with van der Waals surface area (Å²) in [7, 11) is 0. The van der Waals surface area contributed by atoms with Crippen LogP contribution < -0.4 is 5.73 Å². The van der Waals surface area contributed by atoms with Gasteiger partial charge in [0.1, 0.15) is 0 Å². The molecule has 5 nitrogen and oxygen atoms in total. The van der Waals surface area contributed by atoms with Gasteiger partial charge < -0.3 is 15.4 Å². The fourth-order valence-corrected chi connectivity index (χ4v) is 2.72. The maximum absolute atomic E-state index is 12.4. The molecule has 6 heteroatoms. The van der Waals surface area contributed by atoms with Crippen LogP contribution in [0.2, 0.25) is 5.02 Å². The number of carbonyl (C=O) groups excluding carboxylic acids is 2. The molecule has 114 valence electrons. The van der Waals surface area contributed by atoms with Crippen LogP contribution >= 0.6 is 11.6 Å². The number of anilines is 1. The smallest absolute Gasteiger partial charge is 0.309 e. The zero-order valence-corrected chi connectivity index (χ0v) is 12.7. The molecular formula is C15H19ClN2O3. The standard InChI is InChI=1S/C15H19ClN2O3/c1-2-21-15(20)10-5-7-18(8-6-10)14(19)12-4-3-11(17)9-13(12)16/h3-4,9-10H,2,5-8,17H2,1H3. The van der Waals surface area contributed by atoms with Gasteiger partial charge in [-0.25, -0.2) is 0 Å². The second-order valence-corrected chi connectivity index (χ2v) is 5.47. The van der Waals surface area contributed by atoms with E-state index in [4.69, 9.17) is 22.1 Å². The van der Waals surface area contributed by atoms with Crippen LogP contribution in [0.4, 0.5) is 5.69 Å². The Labute approximate surface area is 129 Å². The molecule has 2 rings (SSSR count). The molecule has 0 bridgehead atoms. The summed E-state index contributed by atoms with van der Waals surface area (Å²) in [4.78, 5) is 25.8. The number of likely N-dealkylation sites (tertiary alicyclic amines) is 1. The van der Waals surface area contributed by atoms with Crippen molar-refractivity contribution in [2.24, 2.45) is 5.92 Å². The summed E-state index contributed by atoms with van der Waals surface area (Å²) in [6.45, 7) is 3.24. The van der Waals surface area contributed by atoms with Gasteiger partial charge in [0.15, 0.2) is 0 Å². The number of benzene rings is 1. The normalized spacial score (nSPS) is 15.8. The maximum Gasteiger partial charge on any atom is 0.309 e. The Morgan fingerprint density at radius 2 is 2.05 bits per heavy atom. The zero-order chi connectivity index (χ0) is 15.4. The number of nitrogens with two attached hydrogens (primary N) is 1. The van der Waals surface area contributed by atoms with Crippen molar-refractivity contribution < 1.29 is 14.3 Å². The minimum Gasteiger partial charge on any atom is -0.466 e. The molecule has 0 unspecified atom stereocenters. The number of amides is 1. The molecular weight excluding hydrogens is 292 g/mol. The van der Waals surface area contributed by atoms with Gasteiger partial charge in [0, 0.05) is 18.8 Å². The lowest BCUT2D eigenvalue weighted by Gasteiger charge is -2.31. The van der Waals surface area contributed by atoms with Crippen LogP contribution in [0.15, 0.2) is 18.2 Å². The van der Waals surface area contributed by atoms with E-state index >= 15 is 0 Å². The third kappa shape index (κ3) is 3.67. The molecule has 2 N–H and O–H groups in total. The first-order valence-electron chi connectivity index (χ1n) is 7.04. The first kappa shape index (κ1) is 15.6. The Kier molecular flexibility index (Phi) is 5.07. The Bertz CT molecular complexity index is 540. The molecule has 0 saturated carbocycles. The summed E-state index contributed by atoms with van der Waals surface area (Å²) in [6.07, 6.45) is 1.24. The summed E-state index contributed by atoms with van der Waals surface area (Å²) < 4.78 is 5.02. The van der Waals surface area contributed by atoms with Crippen molar-refractivity contribution in [2.45, 2.75) is 19.8 Å². The minimum absolute atomic E-state index is 0.115. The topological polar surface area (TPSA) is 72.6 Å². The van der Waals surface area contributed by atoms with Gasteiger partial charge in [0.25, 0.3) is 5.91 Å². The maximum atomic E-state index is 12.4. The number of hydrogen-bond acceptors (Lipinski definition) is 4. The lowest BCUT2D eigenvalue weighted by Crippen LogP contribution is -2.40. The van der Waals surface area contributed by atoms with Gasteiger partial charge in [-0.1, -0.05) is 11.6 Å². The van der Waals surface area contributed by atoms with Crippen molar-refractivity contribution in [1.82, 2.24) is 4.90 Å². The molecule has 1 aromatic carbocycles. The summed E-state index contributed by atoms with van der Waals surface area (Å²) in [5, 5.41) is 0.354. The van der Waals surface area contributed by atoms with Gasteiger partial charge >= 0.3 is 5.97 Å². The van der Waals surface area contributed by atoms with Crippen molar-refractivity contribution in [3.63, 3.8) is 0 Å². The van der Waals surface area contributed by atoms with E-state index in [0.29, 0.717) is 48.8 Å². The number of nitrogens with zero attached hydrogens (tertiary/aromatic N) is 1. The Hall–Kier alpha value is -1.75. The fourth-order valence-electron chi connectivity index (χ4n) is 2.45. The van der Waals surface area contributed by atoms with Gasteiger partial charge in [0.05, 0.1) is 23.1 Å². The number of ether oxygens (including phenoxy) is 1. The van der Waals surface area contributed by atoms with Crippen molar-refractivity contribution in [1.29, 1.82) is 0 Å². The van der Waals surface area contributed by atoms with Crippen LogP contribution in [-0.2, 0) is 9.53 Å². The first-order chi connectivity index (χ1) is 10.0. The lowest BCUT2D eigenvalue weighted by atomic mass is 9.96. The van der Waals surface area contributed by atoms with Crippen LogP contribution in [0.5, 0.6) is 0 Å². The highest BCUT2D eigenvalue weighted by molar-refractivity contribution is 6.34. The summed E-state index contributed by atoms with van der Waals surface area (Å²) in [6, 6.07) is 4.86. The molecule has 1 aliphatic heterocycles. The monoisotopic (exact) mass is 310 g/mol. The number of esters is 1. The number of nitrogen functional groups attached to an aromatic ring is 1. The average molecular weight is 311 g/mol. The summed E-state index contributed by atoms with van der Waals surface area (Å²) >= 11 is 6.06. The number of hydrogen-bond donors (Lipinski definition) is 1. The van der Waals surface area contributed by atoms with E-state index in [1.54, 1.807) is 30.0 Å². The van der Waals surface area contributed by atoms with Gasteiger partial charge in [-0.05, 0) is 38.0 Å². The molecule has 1 amide bonds. The molecule has 21 heavy (non-hydrogen) atoms. The van der Waals surface area contributed by atoms with E-state index in [1.807, 2.05) is 0 Å². The minimum atomic E-state index is -0.171. The molecule has 1 aliphatic rings. The highest BCUT2D eigenvalue weighted by atomic mass is 35.5. The average Bonchev–Trinajstić information content (AvgIpc) is 2.47. The van der Waals surface area contributed by atoms with Crippen molar-refractivity contribution >= 4 is 29.2 Å². The van der Waals surface area contributed by atoms with Crippen LogP contribution in [0, 0.1) is 5.92 Å². The highest BCUT2D eigenvalue weighted by Crippen LogP contribution is 2.24. The predicted octanol–water partition coefficient (Wildman–Crippen LogP) is 2.34. The van der Waals surface area contributed by atoms with E-state index < -0.39 is 0 Å². The molecule has 0 spiro atoms. The van der Waals surface area contributed by atoms with Gasteiger partial charge in [-0.2, -0.15) is 0 Å². The third-order valence-corrected chi connectivity index (χ3v) is 3.94. The first-order valence-corrected chi connectivity index (χ1v) is 7.41. The molecule has 0 radical (unpaired) electrons. The van der Waals surface area contributed by atoms with Crippen LogP contribution in [0.25, 0.3) is 0 Å². The number of piperidine rings is 1. The van der Waals surface area contributed by atoms with E-state index in [2.05, 4.69) is 0 Å². The molecule has 0 aromatic heterocycles. The molecule has 1 heterocycles. The zero-order valence-electron chi connectivity index (χ0n) is 12.0. The number of halogens is 1. The van der Waals surface area contributed by atoms with Gasteiger partial charge in [-0.15, -0.1) is 0 Å². The highest BCUT2D eigenvalue weighted by Gasteiger charge is 2.29. The largest absolute Gasteiger partial charge is 0.466 e. The summed E-state index contributed by atoms with van der Waals surface area (Å²) in [5.41, 5.74) is 6.60. The summed E-state index contributed by atoms with van der Waals surface area (Å²) in [5.74, 6) is -0.409. The van der Waals surface area contributed by atoms with E-state index in [-0.39, 0.29) is 17.8 Å². The quantitative estimate of drug-likeness (QED) is 0.687. The SMILES string of the molecule is CCOC(=O)C1CCN(C(=O)c2ccc(N)cc2Cl)CC1. The lowest BCUT2D eigenvalue weighted by molar-refractivity contribution is -0.149. The van der Waals surface area contributed by atoms with Crippen molar-refractivity contribution in [2.75, 3.05) is 25.4 Å². The molecule has 0 atom stereocenters. The Balaban J connectivity index is 1.98. The second kappa shape index (κ2) is 6.80. The Morgan fingerprint density at radius 1 is 1.38 bits per heavy atom. The number of carbonyl (C=O) groups is 2. The second-order valence-electron chi connectivity index (χ2n) is 5.06. The third-order valence-electron chi connectivity index (χ3n) is 3.63. The van der Waals surface area contributed by atoms with Crippen LogP contribution in [0.1, 0.15) is 30.1 Å². The van der Waals surface area contributed by atoms with Gasteiger partial charge in [-0.3, -0.25) is 9.59 Å². The van der Waals surface area contributed by atoms with Crippen LogP contribution in [-0.4, -0.2) is 36.5 Å². The van der Waals surface area contributed by atoms with Crippen molar-refractivity contribution in [3.8, 4) is 0 Å². The molecule has 1 fully saturated rings. The van der Waals surface area contributed by atoms with E-state index in [1.165, 1.54) is 0 Å². The number of rotatable bonds is 3. The molecule has 1 aromatic rings. The van der Waals surface area contributed by atoms with Crippen molar-refractivity contribution in [3.05, 3.63) is 28.8 Å². The van der Waals surface area contributed by atoms with Gasteiger partial charge in [0.2, 0.25) is 0 Å². The van der Waals surface area contributed by atoms with E-state index in [9.17, 15) is 9.59 Å². The predicted molar refractivity (Wildman–Crippen MR) is 81.1 cm³/mol. The molecule has 1 saturated heterocycles. The fraction of sp³-hybridized carbons (Fsp3) is 0.467. The Morgan fingerprint density at radius 3 is 2.62 bits per heavy atom.